The van der Waals surface area contributed by atoms with Gasteiger partial charge in [0.15, 0.2) is 0 Å². The van der Waals surface area contributed by atoms with Gasteiger partial charge in [-0.3, -0.25) is 14.4 Å². The zero-order valence-corrected chi connectivity index (χ0v) is 18.5. The molecular formula is C23H19ClF3N3O4. The lowest BCUT2D eigenvalue weighted by Crippen LogP contribution is -2.29. The van der Waals surface area contributed by atoms with Crippen molar-refractivity contribution in [2.75, 3.05) is 17.2 Å². The Balaban J connectivity index is 1.63. The van der Waals surface area contributed by atoms with E-state index in [1.54, 1.807) is 24.3 Å². The first-order valence-corrected chi connectivity index (χ1v) is 10.4. The molecule has 2 amide bonds. The number of pyridine rings is 1. The average Bonchev–Trinajstić information content (AvgIpc) is 2.78. The van der Waals surface area contributed by atoms with Crippen molar-refractivity contribution in [2.45, 2.75) is 19.6 Å². The minimum atomic E-state index is -4.72. The molecule has 2 N–H and O–H groups in total. The highest BCUT2D eigenvalue weighted by atomic mass is 35.5. The number of aromatic nitrogens is 1. The molecule has 0 bridgehead atoms. The molecule has 1 aromatic heterocycles. The van der Waals surface area contributed by atoms with Crippen molar-refractivity contribution < 1.29 is 27.5 Å². The van der Waals surface area contributed by atoms with E-state index in [1.807, 2.05) is 6.92 Å². The topological polar surface area (TPSA) is 89.4 Å². The van der Waals surface area contributed by atoms with Crippen LogP contribution >= 0.6 is 11.6 Å². The molecule has 0 saturated carbocycles. The Morgan fingerprint density at radius 2 is 1.59 bits per heavy atom. The van der Waals surface area contributed by atoms with Crippen LogP contribution in [0.1, 0.15) is 22.8 Å². The number of alkyl halides is 3. The van der Waals surface area contributed by atoms with Crippen LogP contribution in [0.2, 0.25) is 5.02 Å². The van der Waals surface area contributed by atoms with Gasteiger partial charge in [0.05, 0.1) is 12.2 Å². The summed E-state index contributed by atoms with van der Waals surface area (Å²) < 4.78 is 44.7. The van der Waals surface area contributed by atoms with E-state index in [1.165, 1.54) is 24.3 Å². The van der Waals surface area contributed by atoms with Crippen LogP contribution in [0.15, 0.2) is 65.6 Å². The summed E-state index contributed by atoms with van der Waals surface area (Å²) in [7, 11) is 0. The minimum absolute atomic E-state index is 0.286. The number of anilines is 2. The number of hydrogen-bond donors (Lipinski definition) is 2. The predicted molar refractivity (Wildman–Crippen MR) is 121 cm³/mol. The number of rotatable bonds is 7. The molecule has 3 aromatic rings. The molecule has 34 heavy (non-hydrogen) atoms. The number of hydrogen-bond acceptors (Lipinski definition) is 4. The molecule has 11 heteroatoms. The lowest BCUT2D eigenvalue weighted by atomic mass is 10.2. The summed E-state index contributed by atoms with van der Waals surface area (Å²) in [5.41, 5.74) is -0.906. The van der Waals surface area contributed by atoms with Gasteiger partial charge in [-0.25, -0.2) is 0 Å². The normalized spacial score (nSPS) is 11.1. The second kappa shape index (κ2) is 10.4. The Labute approximate surface area is 197 Å². The van der Waals surface area contributed by atoms with Gasteiger partial charge in [-0.15, -0.1) is 0 Å². The molecular weight excluding hydrogens is 475 g/mol. The summed E-state index contributed by atoms with van der Waals surface area (Å²) in [5.74, 6) is -0.452. The smallest absolute Gasteiger partial charge is 0.417 e. The summed E-state index contributed by atoms with van der Waals surface area (Å²) in [6, 6.07) is 13.2. The van der Waals surface area contributed by atoms with Gasteiger partial charge in [0.2, 0.25) is 5.91 Å². The van der Waals surface area contributed by atoms with Gasteiger partial charge in [0.25, 0.3) is 11.5 Å². The highest BCUT2D eigenvalue weighted by molar-refractivity contribution is 6.30. The number of ether oxygens (including phenoxy) is 1. The van der Waals surface area contributed by atoms with Crippen LogP contribution in [0.5, 0.6) is 5.75 Å². The molecule has 0 fully saturated rings. The molecule has 0 radical (unpaired) electrons. The molecule has 0 unspecified atom stereocenters. The van der Waals surface area contributed by atoms with E-state index < -0.39 is 34.8 Å². The van der Waals surface area contributed by atoms with Gasteiger partial charge in [-0.2, -0.15) is 13.2 Å². The molecule has 0 spiro atoms. The largest absolute Gasteiger partial charge is 0.494 e. The first-order chi connectivity index (χ1) is 16.1. The highest BCUT2D eigenvalue weighted by Gasteiger charge is 2.32. The summed E-state index contributed by atoms with van der Waals surface area (Å²) in [6.45, 7) is 1.71. The van der Waals surface area contributed by atoms with E-state index >= 15 is 0 Å². The third kappa shape index (κ3) is 6.38. The molecule has 178 valence electrons. The van der Waals surface area contributed by atoms with Crippen molar-refractivity contribution in [3.8, 4) is 5.75 Å². The van der Waals surface area contributed by atoms with Crippen LogP contribution in [0.25, 0.3) is 0 Å². The molecule has 0 aliphatic rings. The van der Waals surface area contributed by atoms with Crippen molar-refractivity contribution >= 4 is 34.8 Å². The van der Waals surface area contributed by atoms with Gasteiger partial charge < -0.3 is 19.9 Å². The Kier molecular flexibility index (Phi) is 7.62. The van der Waals surface area contributed by atoms with E-state index in [0.29, 0.717) is 40.4 Å². The SMILES string of the molecule is CCOc1ccc(NC(=O)c2ccc(NC(=O)Cn3cc(C(F)(F)F)cc(Cl)c3=O)cc2)cc1. The number of nitrogens with zero attached hydrogens (tertiary/aromatic N) is 1. The van der Waals surface area contributed by atoms with Crippen LogP contribution < -0.4 is 20.9 Å². The maximum atomic E-state index is 12.9. The molecule has 0 aliphatic carbocycles. The Morgan fingerprint density at radius 3 is 2.18 bits per heavy atom. The number of nitrogens with one attached hydrogen (secondary N) is 2. The molecule has 7 nitrogen and oxygen atoms in total. The lowest BCUT2D eigenvalue weighted by molar-refractivity contribution is -0.138. The van der Waals surface area contributed by atoms with Crippen molar-refractivity contribution in [1.29, 1.82) is 0 Å². The molecule has 1 heterocycles. The van der Waals surface area contributed by atoms with Crippen molar-refractivity contribution in [1.82, 2.24) is 4.57 Å². The minimum Gasteiger partial charge on any atom is -0.494 e. The van der Waals surface area contributed by atoms with Crippen molar-refractivity contribution in [2.24, 2.45) is 0 Å². The van der Waals surface area contributed by atoms with E-state index in [4.69, 9.17) is 16.3 Å². The fourth-order valence-electron chi connectivity index (χ4n) is 2.94. The number of benzene rings is 2. The van der Waals surface area contributed by atoms with E-state index in [-0.39, 0.29) is 11.6 Å². The van der Waals surface area contributed by atoms with Gasteiger partial charge in [-0.1, -0.05) is 11.6 Å². The highest BCUT2D eigenvalue weighted by Crippen LogP contribution is 2.29. The van der Waals surface area contributed by atoms with Crippen molar-refractivity contribution in [3.05, 3.63) is 87.3 Å². The number of carbonyl (C=O) groups is 2. The van der Waals surface area contributed by atoms with E-state index in [0.717, 1.165) is 0 Å². The van der Waals surface area contributed by atoms with Crippen LogP contribution in [-0.2, 0) is 17.5 Å². The average molecular weight is 494 g/mol. The fraction of sp³-hybridized carbons (Fsp3) is 0.174. The molecule has 2 aromatic carbocycles. The molecule has 0 saturated heterocycles. The number of halogens is 4. The summed E-state index contributed by atoms with van der Waals surface area (Å²) in [5, 5.41) is 4.54. The monoisotopic (exact) mass is 493 g/mol. The first-order valence-electron chi connectivity index (χ1n) is 9.98. The zero-order valence-electron chi connectivity index (χ0n) is 17.8. The van der Waals surface area contributed by atoms with E-state index in [2.05, 4.69) is 10.6 Å². The van der Waals surface area contributed by atoms with Gasteiger partial charge >= 0.3 is 6.18 Å². The van der Waals surface area contributed by atoms with Crippen LogP contribution in [0.4, 0.5) is 24.5 Å². The fourth-order valence-corrected chi connectivity index (χ4v) is 3.16. The summed E-state index contributed by atoms with van der Waals surface area (Å²) in [6.07, 6.45) is -4.20. The first kappa shape index (κ1) is 24.8. The number of carbonyl (C=O) groups excluding carboxylic acids is 2. The van der Waals surface area contributed by atoms with Crippen LogP contribution in [-0.4, -0.2) is 23.0 Å². The zero-order chi connectivity index (χ0) is 24.9. The Morgan fingerprint density at radius 1 is 1.00 bits per heavy atom. The van der Waals surface area contributed by atoms with E-state index in [9.17, 15) is 27.6 Å². The lowest BCUT2D eigenvalue weighted by Gasteiger charge is -2.12. The molecule has 0 aliphatic heterocycles. The summed E-state index contributed by atoms with van der Waals surface area (Å²) >= 11 is 5.59. The van der Waals surface area contributed by atoms with Gasteiger partial charge in [0.1, 0.15) is 17.3 Å². The standard InChI is InChI=1S/C23H19ClF3N3O4/c1-2-34-18-9-7-17(8-10-18)29-21(32)14-3-5-16(6-4-14)28-20(31)13-30-12-15(23(25,26)27)11-19(24)22(30)33/h3-12H,2,13H2,1H3,(H,28,31)(H,29,32). The number of amides is 2. The Hall–Kier alpha value is -3.79. The van der Waals surface area contributed by atoms with Crippen molar-refractivity contribution in [3.63, 3.8) is 0 Å². The summed E-state index contributed by atoms with van der Waals surface area (Å²) in [4.78, 5) is 36.7. The third-order valence-corrected chi connectivity index (χ3v) is 4.81. The third-order valence-electron chi connectivity index (χ3n) is 4.54. The van der Waals surface area contributed by atoms with Gasteiger partial charge in [-0.05, 0) is 61.5 Å². The van der Waals surface area contributed by atoms with Crippen LogP contribution in [0.3, 0.4) is 0 Å². The second-order valence-corrected chi connectivity index (χ2v) is 7.45. The van der Waals surface area contributed by atoms with Gasteiger partial charge in [0, 0.05) is 23.1 Å². The maximum Gasteiger partial charge on any atom is 0.417 e. The molecule has 3 rings (SSSR count). The molecule has 0 atom stereocenters. The maximum absolute atomic E-state index is 12.9. The Bertz CT molecular complexity index is 1240. The van der Waals surface area contributed by atoms with Crippen LogP contribution in [0, 0.1) is 0 Å². The predicted octanol–water partition coefficient (Wildman–Crippen LogP) is 4.81. The quantitative estimate of drug-likeness (QED) is 0.494. The second-order valence-electron chi connectivity index (χ2n) is 7.04.